The van der Waals surface area contributed by atoms with Gasteiger partial charge in [-0.2, -0.15) is 4.31 Å². The van der Waals surface area contributed by atoms with Crippen LogP contribution in [0.25, 0.3) is 0 Å². The standard InChI is InChI=1S/C20H24FN3O6S2/c1-13-8-14(2)12-23(11-13)32(29,30)17-5-7-19(20(10-17)24(25)26)22-31(27,28)16-4-6-18(21)15(3)9-16/h4-7,9-10,13-14,22H,8,11-12H2,1-3H3/t13-,14-/m1/s1. The topological polar surface area (TPSA) is 127 Å². The van der Waals surface area contributed by atoms with Crippen molar-refractivity contribution < 1.29 is 26.1 Å². The van der Waals surface area contributed by atoms with E-state index in [1.54, 1.807) is 0 Å². The Balaban J connectivity index is 1.98. The third kappa shape index (κ3) is 4.92. The van der Waals surface area contributed by atoms with Gasteiger partial charge in [0.2, 0.25) is 10.0 Å². The van der Waals surface area contributed by atoms with Gasteiger partial charge in [-0.25, -0.2) is 21.2 Å². The van der Waals surface area contributed by atoms with Crippen molar-refractivity contribution in [1.29, 1.82) is 0 Å². The molecule has 0 spiro atoms. The molecule has 0 saturated carbocycles. The highest BCUT2D eigenvalue weighted by Gasteiger charge is 2.33. The first-order chi connectivity index (χ1) is 14.8. The van der Waals surface area contributed by atoms with Gasteiger partial charge in [-0.15, -0.1) is 0 Å². The average molecular weight is 486 g/mol. The van der Waals surface area contributed by atoms with Gasteiger partial charge in [0.15, 0.2) is 0 Å². The molecular formula is C20H24FN3O6S2. The van der Waals surface area contributed by atoms with Crippen LogP contribution in [-0.2, 0) is 20.0 Å². The summed E-state index contributed by atoms with van der Waals surface area (Å²) in [6, 6.07) is 6.16. The molecule has 1 aliphatic rings. The maximum atomic E-state index is 13.5. The second-order valence-corrected chi connectivity index (χ2v) is 11.8. The maximum absolute atomic E-state index is 13.5. The Labute approximate surface area is 186 Å². The number of sulfonamides is 2. The Morgan fingerprint density at radius 1 is 1.03 bits per heavy atom. The number of aryl methyl sites for hydroxylation is 1. The number of hydrogen-bond acceptors (Lipinski definition) is 6. The molecule has 2 aromatic carbocycles. The Morgan fingerprint density at radius 2 is 1.62 bits per heavy atom. The minimum Gasteiger partial charge on any atom is -0.273 e. The van der Waals surface area contributed by atoms with E-state index in [2.05, 4.69) is 4.72 Å². The number of anilines is 1. The van der Waals surface area contributed by atoms with Crippen LogP contribution in [0.15, 0.2) is 46.2 Å². The third-order valence-electron chi connectivity index (χ3n) is 5.32. The van der Waals surface area contributed by atoms with Crippen LogP contribution in [0.5, 0.6) is 0 Å². The van der Waals surface area contributed by atoms with Gasteiger partial charge in [-0.3, -0.25) is 14.8 Å². The van der Waals surface area contributed by atoms with Crippen LogP contribution in [0, 0.1) is 34.7 Å². The van der Waals surface area contributed by atoms with E-state index in [1.807, 2.05) is 13.8 Å². The van der Waals surface area contributed by atoms with Crippen LogP contribution < -0.4 is 4.72 Å². The van der Waals surface area contributed by atoms with Gasteiger partial charge >= 0.3 is 0 Å². The Morgan fingerprint density at radius 3 is 2.19 bits per heavy atom. The van der Waals surface area contributed by atoms with Gasteiger partial charge in [0.1, 0.15) is 11.5 Å². The number of halogens is 1. The Bertz CT molecular complexity index is 1250. The van der Waals surface area contributed by atoms with Crippen LogP contribution in [0.4, 0.5) is 15.8 Å². The number of hydrogen-bond donors (Lipinski definition) is 1. The molecule has 2 aromatic rings. The van der Waals surface area contributed by atoms with Crippen molar-refractivity contribution in [3.05, 3.63) is 57.9 Å². The molecule has 0 unspecified atom stereocenters. The lowest BCUT2D eigenvalue weighted by Crippen LogP contribution is -2.42. The zero-order valence-electron chi connectivity index (χ0n) is 17.8. The summed E-state index contributed by atoms with van der Waals surface area (Å²) >= 11 is 0. The SMILES string of the molecule is Cc1cc(S(=O)(=O)Nc2ccc(S(=O)(=O)N3C[C@H](C)C[C@@H](C)C3)cc2[N+](=O)[O-])ccc1F. The molecule has 2 atom stereocenters. The fraction of sp³-hybridized carbons (Fsp3) is 0.400. The summed E-state index contributed by atoms with van der Waals surface area (Å²) in [5.74, 6) is -0.298. The first-order valence-electron chi connectivity index (χ1n) is 9.89. The highest BCUT2D eigenvalue weighted by Crippen LogP contribution is 2.33. The molecule has 0 radical (unpaired) electrons. The molecule has 1 saturated heterocycles. The number of benzene rings is 2. The third-order valence-corrected chi connectivity index (χ3v) is 8.51. The van der Waals surface area contributed by atoms with Crippen molar-refractivity contribution in [2.75, 3.05) is 17.8 Å². The second kappa shape index (κ2) is 8.75. The largest absolute Gasteiger partial charge is 0.294 e. The minimum absolute atomic E-state index is 0.0915. The van der Waals surface area contributed by atoms with Crippen molar-refractivity contribution in [3.8, 4) is 0 Å². The molecule has 9 nitrogen and oxygen atoms in total. The summed E-state index contributed by atoms with van der Waals surface area (Å²) in [6.45, 7) is 5.88. The van der Waals surface area contributed by atoms with Crippen LogP contribution >= 0.6 is 0 Å². The molecule has 1 heterocycles. The van der Waals surface area contributed by atoms with E-state index in [0.717, 1.165) is 42.8 Å². The first-order valence-corrected chi connectivity index (χ1v) is 12.8. The summed E-state index contributed by atoms with van der Waals surface area (Å²) in [5, 5.41) is 11.6. The van der Waals surface area contributed by atoms with Crippen LogP contribution in [0.2, 0.25) is 0 Å². The van der Waals surface area contributed by atoms with E-state index in [9.17, 15) is 31.3 Å². The van der Waals surface area contributed by atoms with Crippen molar-refractivity contribution in [2.24, 2.45) is 11.8 Å². The lowest BCUT2D eigenvalue weighted by molar-refractivity contribution is -0.384. The first kappa shape index (κ1) is 24.1. The predicted octanol–water partition coefficient (Wildman–Crippen LogP) is 3.51. The van der Waals surface area contributed by atoms with Gasteiger partial charge in [0.05, 0.1) is 14.7 Å². The average Bonchev–Trinajstić information content (AvgIpc) is 2.69. The summed E-state index contributed by atoms with van der Waals surface area (Å²) in [6.07, 6.45) is 0.885. The van der Waals surface area contributed by atoms with E-state index in [1.165, 1.54) is 11.2 Å². The van der Waals surface area contributed by atoms with Crippen LogP contribution in [0.3, 0.4) is 0 Å². The summed E-state index contributed by atoms with van der Waals surface area (Å²) < 4.78 is 68.3. The fourth-order valence-corrected chi connectivity index (χ4v) is 6.71. The van der Waals surface area contributed by atoms with Crippen molar-refractivity contribution in [2.45, 2.75) is 37.0 Å². The van der Waals surface area contributed by atoms with Gasteiger partial charge < -0.3 is 0 Å². The molecule has 1 N–H and O–H groups in total. The number of rotatable bonds is 6. The summed E-state index contributed by atoms with van der Waals surface area (Å²) in [4.78, 5) is 10.2. The normalized spacial score (nSPS) is 20.1. The molecule has 32 heavy (non-hydrogen) atoms. The number of nitro groups is 1. The Kier molecular flexibility index (Phi) is 6.59. The zero-order chi connectivity index (χ0) is 23.8. The van der Waals surface area contributed by atoms with E-state index in [-0.39, 0.29) is 27.2 Å². The van der Waals surface area contributed by atoms with Gasteiger partial charge in [-0.1, -0.05) is 13.8 Å². The summed E-state index contributed by atoms with van der Waals surface area (Å²) in [7, 11) is -8.27. The van der Waals surface area contributed by atoms with Gasteiger partial charge in [0.25, 0.3) is 15.7 Å². The fourth-order valence-electron chi connectivity index (χ4n) is 3.85. The number of nitrogens with zero attached hydrogens (tertiary/aromatic N) is 2. The van der Waals surface area contributed by atoms with Crippen molar-refractivity contribution >= 4 is 31.4 Å². The smallest absolute Gasteiger partial charge is 0.273 e. The van der Waals surface area contributed by atoms with E-state index in [0.29, 0.717) is 13.1 Å². The molecule has 0 amide bonds. The molecule has 174 valence electrons. The molecule has 0 aromatic heterocycles. The molecule has 0 bridgehead atoms. The van der Waals surface area contributed by atoms with Crippen molar-refractivity contribution in [3.63, 3.8) is 0 Å². The highest BCUT2D eigenvalue weighted by molar-refractivity contribution is 7.92. The van der Waals surface area contributed by atoms with E-state index < -0.39 is 42.2 Å². The zero-order valence-corrected chi connectivity index (χ0v) is 19.4. The minimum atomic E-state index is -4.27. The molecular weight excluding hydrogens is 461 g/mol. The molecule has 3 rings (SSSR count). The second-order valence-electron chi connectivity index (χ2n) is 8.22. The van der Waals surface area contributed by atoms with E-state index >= 15 is 0 Å². The molecule has 1 fully saturated rings. The highest BCUT2D eigenvalue weighted by atomic mass is 32.2. The number of nitrogens with one attached hydrogen (secondary N) is 1. The lowest BCUT2D eigenvalue weighted by atomic mass is 9.94. The maximum Gasteiger partial charge on any atom is 0.294 e. The van der Waals surface area contributed by atoms with Crippen LogP contribution in [0.1, 0.15) is 25.8 Å². The number of piperidine rings is 1. The predicted molar refractivity (Wildman–Crippen MR) is 117 cm³/mol. The molecule has 0 aliphatic carbocycles. The van der Waals surface area contributed by atoms with E-state index in [4.69, 9.17) is 0 Å². The Hall–Kier alpha value is -2.57. The molecule has 12 heteroatoms. The van der Waals surface area contributed by atoms with Crippen molar-refractivity contribution in [1.82, 2.24) is 4.31 Å². The van der Waals surface area contributed by atoms with Gasteiger partial charge in [0, 0.05) is 19.2 Å². The monoisotopic (exact) mass is 485 g/mol. The molecule has 1 aliphatic heterocycles. The van der Waals surface area contributed by atoms with Gasteiger partial charge in [-0.05, 0) is 61.1 Å². The lowest BCUT2D eigenvalue weighted by Gasteiger charge is -2.34. The summed E-state index contributed by atoms with van der Waals surface area (Å²) in [5.41, 5.74) is -1.00. The van der Waals surface area contributed by atoms with Crippen LogP contribution in [-0.4, -0.2) is 39.2 Å². The number of nitro benzene ring substituents is 1. The quantitative estimate of drug-likeness (QED) is 0.493.